The highest BCUT2D eigenvalue weighted by Gasteiger charge is 2.19. The van der Waals surface area contributed by atoms with Crippen LogP contribution in [0.4, 0.5) is 11.6 Å². The molecule has 0 unspecified atom stereocenters. The lowest BCUT2D eigenvalue weighted by Gasteiger charge is -2.15. The second-order valence-electron chi connectivity index (χ2n) is 14.5. The van der Waals surface area contributed by atoms with Gasteiger partial charge in [-0.15, -0.1) is 0 Å². The number of nitrogens with zero attached hydrogens (tertiary/aromatic N) is 7. The first-order chi connectivity index (χ1) is 29.6. The van der Waals surface area contributed by atoms with Crippen LogP contribution in [0.25, 0.3) is 44.6 Å². The van der Waals surface area contributed by atoms with Crippen LogP contribution in [0.2, 0.25) is 0 Å². The maximum Gasteiger partial charge on any atom is 0.261 e. The van der Waals surface area contributed by atoms with Crippen LogP contribution in [0.15, 0.2) is 148 Å². The molecule has 13 nitrogen and oxygen atoms in total. The number of para-hydroxylation sites is 2. The predicted octanol–water partition coefficient (Wildman–Crippen LogP) is 7.85. The van der Waals surface area contributed by atoms with Gasteiger partial charge in [-0.25, -0.2) is 19.9 Å². The summed E-state index contributed by atoms with van der Waals surface area (Å²) in [5.74, 6) is 1.17. The molecular formula is C47H40BrN9O4. The molecule has 8 aromatic rings. The third kappa shape index (κ3) is 8.91. The number of hydrogen-bond donors (Lipinski definition) is 2. The maximum atomic E-state index is 13.1. The molecule has 1 aliphatic heterocycles. The molecule has 5 heterocycles. The van der Waals surface area contributed by atoms with Crippen LogP contribution in [-0.4, -0.2) is 58.9 Å². The molecule has 14 heteroatoms. The highest BCUT2D eigenvalue weighted by molar-refractivity contribution is 9.10. The van der Waals surface area contributed by atoms with Crippen LogP contribution in [0.1, 0.15) is 39.1 Å². The van der Waals surface area contributed by atoms with Crippen LogP contribution in [0.3, 0.4) is 0 Å². The number of hydrogen-bond acceptors (Lipinski definition) is 9. The molecule has 2 amide bonds. The van der Waals surface area contributed by atoms with Gasteiger partial charge < -0.3 is 10.6 Å². The summed E-state index contributed by atoms with van der Waals surface area (Å²) in [5, 5.41) is 6.32. The zero-order chi connectivity index (χ0) is 42.5. The predicted molar refractivity (Wildman–Crippen MR) is 241 cm³/mol. The highest BCUT2D eigenvalue weighted by Crippen LogP contribution is 2.25. The number of halogens is 1. The van der Waals surface area contributed by atoms with Gasteiger partial charge in [0.05, 0.1) is 32.9 Å². The molecule has 4 aromatic carbocycles. The van der Waals surface area contributed by atoms with E-state index in [1.165, 1.54) is 27.5 Å². The number of pyridine rings is 2. The zero-order valence-electron chi connectivity index (χ0n) is 33.4. The summed E-state index contributed by atoms with van der Waals surface area (Å²) >= 11 is 3.41. The van der Waals surface area contributed by atoms with Crippen molar-refractivity contribution in [3.8, 4) is 22.8 Å². The van der Waals surface area contributed by atoms with E-state index in [0.717, 1.165) is 35.2 Å². The molecule has 0 aliphatic carbocycles. The first kappa shape index (κ1) is 40.6. The number of benzene rings is 4. The Kier molecular flexibility index (Phi) is 12.0. The third-order valence-corrected chi connectivity index (χ3v) is 11.0. The van der Waals surface area contributed by atoms with E-state index in [1.54, 1.807) is 99.3 Å². The van der Waals surface area contributed by atoms with Gasteiger partial charge >= 0.3 is 0 Å². The molecule has 1 saturated heterocycles. The van der Waals surface area contributed by atoms with E-state index >= 15 is 0 Å². The Bertz CT molecular complexity index is 3010. The lowest BCUT2D eigenvalue weighted by atomic mass is 10.1. The van der Waals surface area contributed by atoms with Crippen LogP contribution < -0.4 is 21.8 Å². The van der Waals surface area contributed by atoms with Gasteiger partial charge in [-0.05, 0) is 92.2 Å². The van der Waals surface area contributed by atoms with Gasteiger partial charge in [0.25, 0.3) is 22.9 Å². The summed E-state index contributed by atoms with van der Waals surface area (Å²) < 4.78 is 3.96. The van der Waals surface area contributed by atoms with Crippen molar-refractivity contribution in [2.24, 2.45) is 14.1 Å². The number of rotatable bonds is 8. The van der Waals surface area contributed by atoms with Crippen molar-refractivity contribution >= 4 is 61.2 Å². The van der Waals surface area contributed by atoms with E-state index in [-0.39, 0.29) is 22.9 Å². The van der Waals surface area contributed by atoms with Crippen molar-refractivity contribution in [3.05, 3.63) is 176 Å². The minimum atomic E-state index is -0.369. The molecule has 0 saturated carbocycles. The van der Waals surface area contributed by atoms with Crippen molar-refractivity contribution in [2.45, 2.75) is 19.4 Å². The molecule has 0 atom stereocenters. The number of amides is 2. The average Bonchev–Trinajstić information content (AvgIpc) is 3.80. The number of carbonyl (C=O) groups is 2. The number of fused-ring (bicyclic) bond motifs is 2. The Morgan fingerprint density at radius 1 is 0.590 bits per heavy atom. The SMILES string of the molecule is Cn1c(-c2ccc(Br)cc2)nc2c(C(=O)Nc3ccccn3)cccc2c1=O.Cn1c(-c2ccc(CN3CCCC3)cc2)nc2c(C(=O)Nc3ccccn3)cccc2c1=O. The Labute approximate surface area is 358 Å². The summed E-state index contributed by atoms with van der Waals surface area (Å²) in [6, 6.07) is 36.3. The highest BCUT2D eigenvalue weighted by atomic mass is 79.9. The van der Waals surface area contributed by atoms with Gasteiger partial charge in [0.1, 0.15) is 23.3 Å². The second-order valence-corrected chi connectivity index (χ2v) is 15.4. The molecule has 0 spiro atoms. The molecule has 4 aromatic heterocycles. The van der Waals surface area contributed by atoms with Crippen molar-refractivity contribution in [3.63, 3.8) is 0 Å². The summed E-state index contributed by atoms with van der Waals surface area (Å²) in [4.78, 5) is 71.9. The van der Waals surface area contributed by atoms with Crippen LogP contribution in [0, 0.1) is 0 Å². The molecule has 1 aliphatic rings. The van der Waals surface area contributed by atoms with E-state index in [0.29, 0.717) is 56.2 Å². The van der Waals surface area contributed by atoms with Crippen LogP contribution in [-0.2, 0) is 20.6 Å². The maximum absolute atomic E-state index is 13.1. The molecule has 0 radical (unpaired) electrons. The molecule has 0 bridgehead atoms. The standard InChI is InChI=1S/C26H25N5O2.C21H15BrN4O2/c1-30-24(19-12-10-18(11-13-19)17-31-15-4-5-16-31)29-23-20(7-6-8-21(23)26(30)33)25(32)28-22-9-2-3-14-27-22;1-26-19(13-8-10-14(22)11-9-13)25-18-15(5-4-6-16(18)21(26)28)20(27)24-17-7-2-3-12-23-17/h2-3,6-14H,4-5,15-17H2,1H3,(H,27,28,32);2-12H,1H3,(H,23,24,27). The first-order valence-corrected chi connectivity index (χ1v) is 20.5. The van der Waals surface area contributed by atoms with Gasteiger partial charge in [-0.1, -0.05) is 76.6 Å². The van der Waals surface area contributed by atoms with E-state index < -0.39 is 0 Å². The summed E-state index contributed by atoms with van der Waals surface area (Å²) in [6.45, 7) is 3.22. The molecule has 61 heavy (non-hydrogen) atoms. The van der Waals surface area contributed by atoms with E-state index in [9.17, 15) is 19.2 Å². The largest absolute Gasteiger partial charge is 0.306 e. The average molecular weight is 875 g/mol. The van der Waals surface area contributed by atoms with Crippen molar-refractivity contribution in [1.82, 2.24) is 34.0 Å². The lowest BCUT2D eigenvalue weighted by Crippen LogP contribution is -2.22. The summed E-state index contributed by atoms with van der Waals surface area (Å²) in [5.41, 5.74) is 3.84. The molecule has 2 N–H and O–H groups in total. The molecule has 304 valence electrons. The molecule has 1 fully saturated rings. The number of anilines is 2. The van der Waals surface area contributed by atoms with E-state index in [2.05, 4.69) is 58.5 Å². The minimum Gasteiger partial charge on any atom is -0.306 e. The van der Waals surface area contributed by atoms with Crippen molar-refractivity contribution in [1.29, 1.82) is 0 Å². The number of nitrogens with one attached hydrogen (secondary N) is 2. The summed E-state index contributed by atoms with van der Waals surface area (Å²) in [7, 11) is 3.38. The number of likely N-dealkylation sites (tertiary alicyclic amines) is 1. The number of aromatic nitrogens is 6. The van der Waals surface area contributed by atoms with Crippen molar-refractivity contribution < 1.29 is 9.59 Å². The fourth-order valence-corrected chi connectivity index (χ4v) is 7.53. The third-order valence-electron chi connectivity index (χ3n) is 10.4. The van der Waals surface area contributed by atoms with E-state index in [4.69, 9.17) is 4.98 Å². The normalized spacial score (nSPS) is 12.5. The minimum absolute atomic E-state index is 0.191. The van der Waals surface area contributed by atoms with Gasteiger partial charge in [0.2, 0.25) is 0 Å². The van der Waals surface area contributed by atoms with Gasteiger partial charge in [-0.3, -0.25) is 33.2 Å². The van der Waals surface area contributed by atoms with Gasteiger partial charge in [-0.2, -0.15) is 0 Å². The first-order valence-electron chi connectivity index (χ1n) is 19.7. The molecular weight excluding hydrogens is 834 g/mol. The fourth-order valence-electron chi connectivity index (χ4n) is 7.27. The Morgan fingerprint density at radius 3 is 1.49 bits per heavy atom. The van der Waals surface area contributed by atoms with E-state index in [1.807, 2.05) is 36.4 Å². The Balaban J connectivity index is 0.000000171. The monoisotopic (exact) mass is 873 g/mol. The van der Waals surface area contributed by atoms with Gasteiger partial charge in [0, 0.05) is 48.6 Å². The van der Waals surface area contributed by atoms with Gasteiger partial charge in [0.15, 0.2) is 0 Å². The Morgan fingerprint density at radius 2 is 1.05 bits per heavy atom. The van der Waals surface area contributed by atoms with Crippen LogP contribution >= 0.6 is 15.9 Å². The topological polar surface area (TPSA) is 157 Å². The van der Waals surface area contributed by atoms with Crippen molar-refractivity contribution in [2.75, 3.05) is 23.7 Å². The number of carbonyl (C=O) groups excluding carboxylic acids is 2. The van der Waals surface area contributed by atoms with Crippen LogP contribution in [0.5, 0.6) is 0 Å². The quantitative estimate of drug-likeness (QED) is 0.155. The smallest absolute Gasteiger partial charge is 0.261 e. The second kappa shape index (κ2) is 18.0. The summed E-state index contributed by atoms with van der Waals surface area (Å²) in [6.07, 6.45) is 5.73. The lowest BCUT2D eigenvalue weighted by molar-refractivity contribution is 0.101. The zero-order valence-corrected chi connectivity index (χ0v) is 35.0. The molecule has 9 rings (SSSR count). The fraction of sp³-hybridized carbons (Fsp3) is 0.149. The Hall–Kier alpha value is -7.16.